The lowest BCUT2D eigenvalue weighted by Gasteiger charge is -2.44. The largest absolute Gasteiger partial charge is 0.377 e. The zero-order valence-corrected chi connectivity index (χ0v) is 12.7. The van der Waals surface area contributed by atoms with Gasteiger partial charge in [0.1, 0.15) is 11.6 Å². The second-order valence-electron chi connectivity index (χ2n) is 5.78. The lowest BCUT2D eigenvalue weighted by molar-refractivity contribution is -0.156. The van der Waals surface area contributed by atoms with Crippen LogP contribution in [-0.4, -0.2) is 47.6 Å². The van der Waals surface area contributed by atoms with Gasteiger partial charge in [0.05, 0.1) is 12.7 Å². The molecule has 0 aromatic carbocycles. The zero-order valence-electron chi connectivity index (χ0n) is 12.7. The Bertz CT molecular complexity index is 340. The van der Waals surface area contributed by atoms with E-state index in [1.807, 2.05) is 20.8 Å². The van der Waals surface area contributed by atoms with Gasteiger partial charge in [0.15, 0.2) is 0 Å². The Morgan fingerprint density at radius 1 is 1.37 bits per heavy atom. The minimum absolute atomic E-state index is 0.00111. The second kappa shape index (κ2) is 6.37. The molecule has 19 heavy (non-hydrogen) atoms. The van der Waals surface area contributed by atoms with Crippen molar-refractivity contribution in [3.05, 3.63) is 0 Å². The molecule has 0 aliphatic carbocycles. The van der Waals surface area contributed by atoms with E-state index in [4.69, 9.17) is 4.74 Å². The molecule has 2 amide bonds. The molecule has 1 fully saturated rings. The Hall–Kier alpha value is -1.10. The van der Waals surface area contributed by atoms with E-state index in [2.05, 4.69) is 5.32 Å². The molecule has 0 saturated carbocycles. The summed E-state index contributed by atoms with van der Waals surface area (Å²) in [6.07, 6.45) is 1.68. The van der Waals surface area contributed by atoms with E-state index < -0.39 is 5.54 Å². The third-order valence-electron chi connectivity index (χ3n) is 3.44. The van der Waals surface area contributed by atoms with Crippen LogP contribution in [0.2, 0.25) is 0 Å². The van der Waals surface area contributed by atoms with Crippen LogP contribution in [0.4, 0.5) is 0 Å². The van der Waals surface area contributed by atoms with E-state index in [9.17, 15) is 9.59 Å². The van der Waals surface area contributed by atoms with Gasteiger partial charge >= 0.3 is 0 Å². The first-order valence-corrected chi connectivity index (χ1v) is 7.04. The maximum absolute atomic E-state index is 12.4. The highest BCUT2D eigenvalue weighted by molar-refractivity contribution is 5.99. The van der Waals surface area contributed by atoms with Crippen LogP contribution >= 0.6 is 0 Å². The zero-order chi connectivity index (χ0) is 14.6. The highest BCUT2D eigenvalue weighted by atomic mass is 16.5. The minimum Gasteiger partial charge on any atom is -0.377 e. The SMILES string of the molecule is CCCC1NC(=O)C(C)(C)N(CCOC(C)C)C1=O. The quantitative estimate of drug-likeness (QED) is 0.792. The fourth-order valence-corrected chi connectivity index (χ4v) is 2.24. The maximum Gasteiger partial charge on any atom is 0.246 e. The van der Waals surface area contributed by atoms with Crippen LogP contribution in [0, 0.1) is 0 Å². The van der Waals surface area contributed by atoms with Gasteiger partial charge in [-0.2, -0.15) is 0 Å². The summed E-state index contributed by atoms with van der Waals surface area (Å²) in [4.78, 5) is 26.2. The molecule has 0 aromatic heterocycles. The summed E-state index contributed by atoms with van der Waals surface area (Å²) in [5, 5.41) is 2.82. The number of rotatable bonds is 6. The van der Waals surface area contributed by atoms with Gasteiger partial charge in [-0.05, 0) is 34.1 Å². The molecule has 5 nitrogen and oxygen atoms in total. The number of hydrogen-bond acceptors (Lipinski definition) is 3. The van der Waals surface area contributed by atoms with Gasteiger partial charge in [-0.15, -0.1) is 0 Å². The molecular weight excluding hydrogens is 244 g/mol. The van der Waals surface area contributed by atoms with Crippen LogP contribution in [0.5, 0.6) is 0 Å². The summed E-state index contributed by atoms with van der Waals surface area (Å²) >= 11 is 0. The predicted octanol–water partition coefficient (Wildman–Crippen LogP) is 1.32. The smallest absolute Gasteiger partial charge is 0.246 e. The topological polar surface area (TPSA) is 58.6 Å². The molecule has 5 heteroatoms. The number of nitrogens with one attached hydrogen (secondary N) is 1. The summed E-state index contributed by atoms with van der Waals surface area (Å²) in [5.41, 5.74) is -0.804. The lowest BCUT2D eigenvalue weighted by Crippen LogP contribution is -2.68. The molecular formula is C14H26N2O3. The predicted molar refractivity (Wildman–Crippen MR) is 73.7 cm³/mol. The van der Waals surface area contributed by atoms with Gasteiger partial charge in [0.2, 0.25) is 11.8 Å². The first kappa shape index (κ1) is 16.0. The summed E-state index contributed by atoms with van der Waals surface area (Å²) in [6, 6.07) is -0.385. The Labute approximate surface area is 115 Å². The number of nitrogens with zero attached hydrogens (tertiary/aromatic N) is 1. The van der Waals surface area contributed by atoms with Crippen molar-refractivity contribution >= 4 is 11.8 Å². The molecule has 0 aromatic rings. The molecule has 1 N–H and O–H groups in total. The van der Waals surface area contributed by atoms with Crippen LogP contribution in [-0.2, 0) is 14.3 Å². The molecule has 0 spiro atoms. The van der Waals surface area contributed by atoms with Crippen molar-refractivity contribution < 1.29 is 14.3 Å². The second-order valence-corrected chi connectivity index (χ2v) is 5.78. The molecule has 1 rings (SSSR count). The van der Waals surface area contributed by atoms with Crippen LogP contribution in [0.1, 0.15) is 47.5 Å². The highest BCUT2D eigenvalue weighted by Crippen LogP contribution is 2.22. The number of ether oxygens (including phenoxy) is 1. The normalized spacial score (nSPS) is 22.8. The molecule has 1 unspecified atom stereocenters. The number of piperazine rings is 1. The van der Waals surface area contributed by atoms with E-state index in [0.29, 0.717) is 19.6 Å². The Morgan fingerprint density at radius 2 is 2.00 bits per heavy atom. The van der Waals surface area contributed by atoms with Crippen molar-refractivity contribution in [2.24, 2.45) is 0 Å². The van der Waals surface area contributed by atoms with Gasteiger partial charge < -0.3 is 15.0 Å². The van der Waals surface area contributed by atoms with Gasteiger partial charge in [-0.25, -0.2) is 0 Å². The van der Waals surface area contributed by atoms with Gasteiger partial charge in [0, 0.05) is 6.54 Å². The minimum atomic E-state index is -0.804. The third-order valence-corrected chi connectivity index (χ3v) is 3.44. The Balaban J connectivity index is 2.76. The van der Waals surface area contributed by atoms with Crippen molar-refractivity contribution in [1.82, 2.24) is 10.2 Å². The summed E-state index contributed by atoms with van der Waals surface area (Å²) in [6.45, 7) is 10.4. The number of amides is 2. The number of carbonyl (C=O) groups excluding carboxylic acids is 2. The Kier molecular flexibility index (Phi) is 5.35. The van der Waals surface area contributed by atoms with E-state index in [-0.39, 0.29) is 24.0 Å². The number of hydrogen-bond donors (Lipinski definition) is 1. The standard InChI is InChI=1S/C14H26N2O3/c1-6-7-11-12(17)16(8-9-19-10(2)3)14(4,5)13(18)15-11/h10-11H,6-9H2,1-5H3,(H,15,18). The number of carbonyl (C=O) groups is 2. The molecule has 1 aliphatic heterocycles. The van der Waals surface area contributed by atoms with E-state index >= 15 is 0 Å². The monoisotopic (exact) mass is 270 g/mol. The first-order valence-electron chi connectivity index (χ1n) is 7.04. The van der Waals surface area contributed by atoms with E-state index in [1.165, 1.54) is 0 Å². The lowest BCUT2D eigenvalue weighted by atomic mass is 9.94. The molecule has 1 heterocycles. The molecule has 1 saturated heterocycles. The highest BCUT2D eigenvalue weighted by Gasteiger charge is 2.45. The van der Waals surface area contributed by atoms with Crippen molar-refractivity contribution in [2.45, 2.75) is 65.1 Å². The van der Waals surface area contributed by atoms with Gasteiger partial charge in [0.25, 0.3) is 0 Å². The molecule has 110 valence electrons. The fourth-order valence-electron chi connectivity index (χ4n) is 2.24. The maximum atomic E-state index is 12.4. The van der Waals surface area contributed by atoms with Crippen molar-refractivity contribution in [1.29, 1.82) is 0 Å². The van der Waals surface area contributed by atoms with Crippen LogP contribution in [0.3, 0.4) is 0 Å². The van der Waals surface area contributed by atoms with Crippen molar-refractivity contribution in [3.63, 3.8) is 0 Å². The molecule has 0 bridgehead atoms. The average Bonchev–Trinajstić information content (AvgIpc) is 2.31. The van der Waals surface area contributed by atoms with Crippen LogP contribution < -0.4 is 5.32 Å². The summed E-state index contributed by atoms with van der Waals surface area (Å²) < 4.78 is 5.49. The average molecular weight is 270 g/mol. The third kappa shape index (κ3) is 3.69. The van der Waals surface area contributed by atoms with Crippen molar-refractivity contribution in [2.75, 3.05) is 13.2 Å². The van der Waals surface area contributed by atoms with E-state index in [0.717, 1.165) is 6.42 Å². The Morgan fingerprint density at radius 3 is 2.53 bits per heavy atom. The van der Waals surface area contributed by atoms with Gasteiger partial charge in [-0.1, -0.05) is 13.3 Å². The summed E-state index contributed by atoms with van der Waals surface area (Å²) in [7, 11) is 0. The summed E-state index contributed by atoms with van der Waals surface area (Å²) in [5.74, 6) is -0.0890. The van der Waals surface area contributed by atoms with Crippen LogP contribution in [0.25, 0.3) is 0 Å². The molecule has 1 aliphatic rings. The first-order chi connectivity index (χ1) is 8.80. The van der Waals surface area contributed by atoms with E-state index in [1.54, 1.807) is 18.7 Å². The molecule has 1 atom stereocenters. The van der Waals surface area contributed by atoms with Crippen LogP contribution in [0.15, 0.2) is 0 Å². The fraction of sp³-hybridized carbons (Fsp3) is 0.857. The van der Waals surface area contributed by atoms with Gasteiger partial charge in [-0.3, -0.25) is 9.59 Å². The van der Waals surface area contributed by atoms with Crippen molar-refractivity contribution in [3.8, 4) is 0 Å². The molecule has 0 radical (unpaired) electrons.